The van der Waals surface area contributed by atoms with Gasteiger partial charge in [0.15, 0.2) is 17.1 Å². The summed E-state index contributed by atoms with van der Waals surface area (Å²) in [6, 6.07) is 11.6. The Morgan fingerprint density at radius 3 is 2.66 bits per heavy atom. The summed E-state index contributed by atoms with van der Waals surface area (Å²) in [6.45, 7) is 12.2. The summed E-state index contributed by atoms with van der Waals surface area (Å²) in [5.41, 5.74) is 3.96. The van der Waals surface area contributed by atoms with Gasteiger partial charge in [-0.3, -0.25) is 9.36 Å². The summed E-state index contributed by atoms with van der Waals surface area (Å²) in [5, 5.41) is 12.8. The summed E-state index contributed by atoms with van der Waals surface area (Å²) < 4.78 is 7.97. The third-order valence-corrected chi connectivity index (χ3v) is 6.17. The fourth-order valence-electron chi connectivity index (χ4n) is 3.27. The summed E-state index contributed by atoms with van der Waals surface area (Å²) in [7, 11) is 0. The number of para-hydroxylation sites is 1. The van der Waals surface area contributed by atoms with Crippen LogP contribution in [0.4, 0.5) is 5.69 Å². The summed E-state index contributed by atoms with van der Waals surface area (Å²) in [4.78, 5) is 12.6. The molecule has 6 nitrogen and oxygen atoms in total. The molecule has 1 aromatic heterocycles. The van der Waals surface area contributed by atoms with Crippen molar-refractivity contribution in [2.75, 3.05) is 11.1 Å². The number of anilines is 1. The second-order valence-electron chi connectivity index (χ2n) is 7.54. The van der Waals surface area contributed by atoms with Crippen LogP contribution in [0.3, 0.4) is 0 Å². The Morgan fingerprint density at radius 2 is 1.97 bits per heavy atom. The lowest BCUT2D eigenvalue weighted by Gasteiger charge is -2.17. The molecule has 0 aliphatic carbocycles. The Hall–Kier alpha value is -2.77. The smallest absolute Gasteiger partial charge is 0.234 e. The highest BCUT2D eigenvalue weighted by atomic mass is 35.5. The van der Waals surface area contributed by atoms with Gasteiger partial charge in [0, 0.05) is 12.2 Å². The lowest BCUT2D eigenvalue weighted by atomic mass is 10.1. The lowest BCUT2D eigenvalue weighted by Crippen LogP contribution is -2.17. The molecule has 32 heavy (non-hydrogen) atoms. The fourth-order valence-corrected chi connectivity index (χ4v) is 4.19. The van der Waals surface area contributed by atoms with Gasteiger partial charge in [0.1, 0.15) is 5.75 Å². The van der Waals surface area contributed by atoms with Gasteiger partial charge in [0.2, 0.25) is 5.91 Å². The van der Waals surface area contributed by atoms with Crippen LogP contribution in [0.15, 0.2) is 54.2 Å². The zero-order valence-corrected chi connectivity index (χ0v) is 20.3. The molecule has 0 saturated heterocycles. The minimum Gasteiger partial charge on any atom is -0.481 e. The predicted molar refractivity (Wildman–Crippen MR) is 131 cm³/mol. The number of allylic oxidation sites excluding steroid dienone is 1. The van der Waals surface area contributed by atoms with Crippen molar-refractivity contribution in [1.82, 2.24) is 14.8 Å². The molecule has 168 valence electrons. The largest absolute Gasteiger partial charge is 0.481 e. The summed E-state index contributed by atoms with van der Waals surface area (Å²) in [5.74, 6) is 1.34. The molecule has 0 aliphatic heterocycles. The number of ether oxygens (including phenoxy) is 1. The fraction of sp³-hybridized carbons (Fsp3) is 0.292. The number of hydrogen-bond acceptors (Lipinski definition) is 5. The van der Waals surface area contributed by atoms with E-state index in [4.69, 9.17) is 16.3 Å². The third-order valence-electron chi connectivity index (χ3n) is 4.89. The normalized spacial score (nSPS) is 11.8. The summed E-state index contributed by atoms with van der Waals surface area (Å²) >= 11 is 7.60. The number of nitrogens with zero attached hydrogens (tertiary/aromatic N) is 3. The molecule has 0 aliphatic rings. The molecule has 0 saturated carbocycles. The van der Waals surface area contributed by atoms with Crippen LogP contribution in [0.5, 0.6) is 5.75 Å². The SMILES string of the molecule is C=CCn1c(SCC(=O)Nc2c(C)cccc2C)nnc1C(C)Oc1cc(C)ccc1Cl. The van der Waals surface area contributed by atoms with Crippen LogP contribution in [0.25, 0.3) is 0 Å². The molecule has 1 atom stereocenters. The number of nitrogens with one attached hydrogen (secondary N) is 1. The molecule has 8 heteroatoms. The molecule has 1 heterocycles. The number of carbonyl (C=O) groups is 1. The molecule has 2 aromatic carbocycles. The molecule has 0 bridgehead atoms. The molecule has 1 N–H and O–H groups in total. The average Bonchev–Trinajstić information content (AvgIpc) is 3.15. The Balaban J connectivity index is 1.72. The monoisotopic (exact) mass is 470 g/mol. The second kappa shape index (κ2) is 10.7. The first-order valence-electron chi connectivity index (χ1n) is 10.3. The van der Waals surface area contributed by atoms with Crippen LogP contribution in [-0.4, -0.2) is 26.4 Å². The van der Waals surface area contributed by atoms with E-state index in [9.17, 15) is 4.79 Å². The quantitative estimate of drug-likeness (QED) is 0.311. The van der Waals surface area contributed by atoms with Gasteiger partial charge in [-0.2, -0.15) is 0 Å². The number of thioether (sulfide) groups is 1. The molecule has 3 aromatic rings. The molecular formula is C24H27ClN4O2S. The van der Waals surface area contributed by atoms with Crippen LogP contribution in [0.1, 0.15) is 35.5 Å². The van der Waals surface area contributed by atoms with Crippen molar-refractivity contribution < 1.29 is 9.53 Å². The maximum absolute atomic E-state index is 12.6. The molecule has 0 radical (unpaired) electrons. The third kappa shape index (κ3) is 5.72. The van der Waals surface area contributed by atoms with Crippen LogP contribution < -0.4 is 10.1 Å². The van der Waals surface area contributed by atoms with Crippen molar-refractivity contribution in [1.29, 1.82) is 0 Å². The van der Waals surface area contributed by atoms with E-state index >= 15 is 0 Å². The molecule has 0 spiro atoms. The van der Waals surface area contributed by atoms with Gasteiger partial charge >= 0.3 is 0 Å². The molecule has 3 rings (SSSR count). The van der Waals surface area contributed by atoms with E-state index in [0.29, 0.717) is 28.3 Å². The number of hydrogen-bond donors (Lipinski definition) is 1. The highest BCUT2D eigenvalue weighted by molar-refractivity contribution is 7.99. The van der Waals surface area contributed by atoms with E-state index in [-0.39, 0.29) is 17.8 Å². The molecular weight excluding hydrogens is 444 g/mol. The molecule has 1 unspecified atom stereocenters. The van der Waals surface area contributed by atoms with E-state index in [1.165, 1.54) is 11.8 Å². The van der Waals surface area contributed by atoms with E-state index < -0.39 is 0 Å². The summed E-state index contributed by atoms with van der Waals surface area (Å²) in [6.07, 6.45) is 1.37. The number of carbonyl (C=O) groups excluding carboxylic acids is 1. The number of amides is 1. The van der Waals surface area contributed by atoms with Crippen LogP contribution >= 0.6 is 23.4 Å². The van der Waals surface area contributed by atoms with Crippen LogP contribution in [0.2, 0.25) is 5.02 Å². The van der Waals surface area contributed by atoms with Gasteiger partial charge in [0.05, 0.1) is 10.8 Å². The number of rotatable bonds is 9. The number of benzene rings is 2. The van der Waals surface area contributed by atoms with E-state index in [2.05, 4.69) is 22.1 Å². The van der Waals surface area contributed by atoms with E-state index in [0.717, 1.165) is 22.4 Å². The van der Waals surface area contributed by atoms with Crippen molar-refractivity contribution in [3.8, 4) is 5.75 Å². The van der Waals surface area contributed by atoms with Crippen molar-refractivity contribution in [2.45, 2.75) is 45.5 Å². The molecule has 1 amide bonds. The van der Waals surface area contributed by atoms with Gasteiger partial charge in [-0.15, -0.1) is 16.8 Å². The second-order valence-corrected chi connectivity index (χ2v) is 8.89. The van der Waals surface area contributed by atoms with Gasteiger partial charge in [0.25, 0.3) is 0 Å². The number of halogens is 1. The van der Waals surface area contributed by atoms with Gasteiger partial charge in [-0.05, 0) is 56.5 Å². The maximum atomic E-state index is 12.6. The maximum Gasteiger partial charge on any atom is 0.234 e. The highest BCUT2D eigenvalue weighted by Crippen LogP contribution is 2.30. The predicted octanol–water partition coefficient (Wildman–Crippen LogP) is 5.91. The average molecular weight is 471 g/mol. The zero-order valence-electron chi connectivity index (χ0n) is 18.7. The first kappa shape index (κ1) is 23.9. The van der Waals surface area contributed by atoms with Gasteiger partial charge in [-0.1, -0.05) is 53.7 Å². The van der Waals surface area contributed by atoms with Crippen LogP contribution in [-0.2, 0) is 11.3 Å². The van der Waals surface area contributed by atoms with Crippen molar-refractivity contribution in [2.24, 2.45) is 0 Å². The van der Waals surface area contributed by atoms with E-state index in [1.54, 1.807) is 6.08 Å². The Kier molecular flexibility index (Phi) is 7.99. The molecule has 0 fully saturated rings. The van der Waals surface area contributed by atoms with Crippen LogP contribution in [0, 0.1) is 20.8 Å². The topological polar surface area (TPSA) is 69.0 Å². The lowest BCUT2D eigenvalue weighted by molar-refractivity contribution is -0.113. The number of aromatic nitrogens is 3. The first-order chi connectivity index (χ1) is 15.3. The zero-order chi connectivity index (χ0) is 23.3. The van der Waals surface area contributed by atoms with Crippen molar-refractivity contribution in [3.63, 3.8) is 0 Å². The Morgan fingerprint density at radius 1 is 1.25 bits per heavy atom. The van der Waals surface area contributed by atoms with Gasteiger partial charge < -0.3 is 10.1 Å². The Labute approximate surface area is 198 Å². The van der Waals surface area contributed by atoms with Crippen molar-refractivity contribution >= 4 is 35.0 Å². The minimum atomic E-state index is -0.389. The first-order valence-corrected chi connectivity index (χ1v) is 11.6. The standard InChI is InChI=1S/C24H27ClN4O2S/c1-6-12-29-23(18(5)31-20-13-15(2)10-11-19(20)25)27-28-24(29)32-14-21(30)26-22-16(3)8-7-9-17(22)4/h6-11,13,18H,1,12,14H2,2-5H3,(H,26,30). The van der Waals surface area contributed by atoms with E-state index in [1.807, 2.05) is 68.7 Å². The minimum absolute atomic E-state index is 0.0991. The number of aryl methyl sites for hydroxylation is 3. The van der Waals surface area contributed by atoms with Gasteiger partial charge in [-0.25, -0.2) is 0 Å². The van der Waals surface area contributed by atoms with Crippen molar-refractivity contribution in [3.05, 3.63) is 76.6 Å². The Bertz CT molecular complexity index is 1110. The highest BCUT2D eigenvalue weighted by Gasteiger charge is 2.21.